The van der Waals surface area contributed by atoms with Gasteiger partial charge in [0.15, 0.2) is 11.5 Å². The van der Waals surface area contributed by atoms with Crippen LogP contribution in [0.1, 0.15) is 40.8 Å². The summed E-state index contributed by atoms with van der Waals surface area (Å²) in [5, 5.41) is 3.85. The molecule has 1 N–H and O–H groups in total. The van der Waals surface area contributed by atoms with Crippen molar-refractivity contribution in [3.63, 3.8) is 0 Å². The summed E-state index contributed by atoms with van der Waals surface area (Å²) in [6, 6.07) is 29.9. The predicted molar refractivity (Wildman–Crippen MR) is 158 cm³/mol. The van der Waals surface area contributed by atoms with Crippen molar-refractivity contribution in [3.05, 3.63) is 113 Å². The van der Waals surface area contributed by atoms with Crippen molar-refractivity contribution in [2.45, 2.75) is 30.5 Å². The topological polar surface area (TPSA) is 69.3 Å². The number of benzene rings is 4. The van der Waals surface area contributed by atoms with Crippen LogP contribution in [0, 0.1) is 0 Å². The smallest absolute Gasteiger partial charge is 0.240 e. The summed E-state index contributed by atoms with van der Waals surface area (Å²) in [7, 11) is 6.48. The van der Waals surface area contributed by atoms with Gasteiger partial charge in [-0.1, -0.05) is 60.7 Å². The second-order valence-electron chi connectivity index (χ2n) is 10.5. The number of ether oxygens (including phenoxy) is 4. The number of nitrogens with zero attached hydrogens (tertiary/aromatic N) is 1. The van der Waals surface area contributed by atoms with E-state index >= 15 is 0 Å². The first kappa shape index (κ1) is 26.7. The number of carbonyl (C=O) groups is 1. The molecular weight excluding hydrogens is 516 g/mol. The van der Waals surface area contributed by atoms with E-state index in [1.165, 1.54) is 0 Å². The van der Waals surface area contributed by atoms with Crippen LogP contribution < -0.4 is 29.2 Å². The van der Waals surface area contributed by atoms with Crippen LogP contribution in [-0.2, 0) is 16.8 Å². The van der Waals surface area contributed by atoms with Crippen LogP contribution in [0.3, 0.4) is 0 Å². The van der Waals surface area contributed by atoms with Crippen molar-refractivity contribution in [2.75, 3.05) is 33.3 Å². The number of para-hydroxylation sites is 1. The van der Waals surface area contributed by atoms with Crippen molar-refractivity contribution in [1.82, 2.24) is 5.32 Å². The molecule has 0 aromatic heterocycles. The van der Waals surface area contributed by atoms with Gasteiger partial charge in [-0.25, -0.2) is 0 Å². The highest BCUT2D eigenvalue weighted by molar-refractivity contribution is 6.09. The standard InChI is InChI=1S/C34H34N2O5/c1-38-25-16-14-22(15-17-25)21-36-28-13-9-8-12-26(28)34(33(36)37)20-27(35-32(34)23-10-6-5-7-11-23)24-18-29(39-2)31(41-4)30(19-24)40-3/h5-19,27,32,35H,20-21H2,1-4H3. The Morgan fingerprint density at radius 3 is 2.07 bits per heavy atom. The maximum absolute atomic E-state index is 14.8. The summed E-state index contributed by atoms with van der Waals surface area (Å²) in [4.78, 5) is 16.7. The van der Waals surface area contributed by atoms with E-state index in [0.717, 1.165) is 33.7 Å². The van der Waals surface area contributed by atoms with Gasteiger partial charge in [-0.15, -0.1) is 0 Å². The van der Waals surface area contributed by atoms with E-state index in [4.69, 9.17) is 18.9 Å². The molecule has 2 aliphatic heterocycles. The Morgan fingerprint density at radius 1 is 0.780 bits per heavy atom. The van der Waals surface area contributed by atoms with Gasteiger partial charge in [0.2, 0.25) is 11.7 Å². The Hall–Kier alpha value is -4.49. The molecule has 7 nitrogen and oxygen atoms in total. The number of nitrogens with one attached hydrogen (secondary N) is 1. The van der Waals surface area contributed by atoms with Gasteiger partial charge < -0.3 is 29.2 Å². The van der Waals surface area contributed by atoms with Gasteiger partial charge in [-0.05, 0) is 59.0 Å². The molecule has 1 spiro atoms. The molecule has 3 atom stereocenters. The minimum atomic E-state index is -0.810. The average Bonchev–Trinajstić information content (AvgIpc) is 3.54. The predicted octanol–water partition coefficient (Wildman–Crippen LogP) is 5.98. The van der Waals surface area contributed by atoms with Crippen molar-refractivity contribution in [3.8, 4) is 23.0 Å². The second kappa shape index (κ2) is 10.8. The lowest BCUT2D eigenvalue weighted by atomic mass is 9.72. The van der Waals surface area contributed by atoms with Gasteiger partial charge in [0, 0.05) is 11.7 Å². The highest BCUT2D eigenvalue weighted by atomic mass is 16.5. The van der Waals surface area contributed by atoms with E-state index in [-0.39, 0.29) is 18.0 Å². The van der Waals surface area contributed by atoms with Gasteiger partial charge in [-0.2, -0.15) is 0 Å². The van der Waals surface area contributed by atoms with E-state index in [0.29, 0.717) is 30.2 Å². The average molecular weight is 551 g/mol. The Bertz CT molecular complexity index is 1530. The molecule has 2 heterocycles. The van der Waals surface area contributed by atoms with Gasteiger partial charge in [-0.3, -0.25) is 4.79 Å². The van der Waals surface area contributed by atoms with Gasteiger partial charge in [0.05, 0.1) is 46.4 Å². The number of methoxy groups -OCH3 is 4. The largest absolute Gasteiger partial charge is 0.497 e. The Balaban J connectivity index is 1.47. The summed E-state index contributed by atoms with van der Waals surface area (Å²) in [6.07, 6.45) is 0.570. The maximum Gasteiger partial charge on any atom is 0.240 e. The summed E-state index contributed by atoms with van der Waals surface area (Å²) in [5.74, 6) is 2.58. The highest BCUT2D eigenvalue weighted by Crippen LogP contribution is 2.58. The van der Waals surface area contributed by atoms with E-state index in [1.54, 1.807) is 28.4 Å². The Labute approximate surface area is 240 Å². The number of fused-ring (bicyclic) bond motifs is 2. The fraction of sp³-hybridized carbons (Fsp3) is 0.265. The van der Waals surface area contributed by atoms with Crippen LogP contribution in [0.5, 0.6) is 23.0 Å². The van der Waals surface area contributed by atoms with Gasteiger partial charge >= 0.3 is 0 Å². The van der Waals surface area contributed by atoms with E-state index in [1.807, 2.05) is 71.6 Å². The number of hydrogen-bond acceptors (Lipinski definition) is 6. The van der Waals surface area contributed by atoms with Crippen molar-refractivity contribution >= 4 is 11.6 Å². The van der Waals surface area contributed by atoms with Crippen LogP contribution >= 0.6 is 0 Å². The third-order valence-electron chi connectivity index (χ3n) is 8.41. The van der Waals surface area contributed by atoms with E-state index < -0.39 is 5.41 Å². The molecule has 0 radical (unpaired) electrons. The Morgan fingerprint density at radius 2 is 1.44 bits per heavy atom. The molecule has 1 fully saturated rings. The molecule has 1 amide bonds. The van der Waals surface area contributed by atoms with E-state index in [2.05, 4.69) is 29.6 Å². The maximum atomic E-state index is 14.8. The number of anilines is 1. The second-order valence-corrected chi connectivity index (χ2v) is 10.5. The summed E-state index contributed by atoms with van der Waals surface area (Å²) >= 11 is 0. The Kier molecular flexibility index (Phi) is 7.05. The summed E-state index contributed by atoms with van der Waals surface area (Å²) in [6.45, 7) is 0.470. The van der Waals surface area contributed by atoms with Crippen LogP contribution in [0.25, 0.3) is 0 Å². The molecule has 1 saturated heterocycles. The number of carbonyl (C=O) groups excluding carboxylic acids is 1. The minimum Gasteiger partial charge on any atom is -0.497 e. The lowest BCUT2D eigenvalue weighted by Crippen LogP contribution is -2.43. The molecule has 41 heavy (non-hydrogen) atoms. The minimum absolute atomic E-state index is 0.0887. The molecule has 0 saturated carbocycles. The third kappa shape index (κ3) is 4.37. The highest BCUT2D eigenvalue weighted by Gasteiger charge is 2.60. The molecule has 210 valence electrons. The SMILES string of the molecule is COc1ccc(CN2C(=O)C3(CC(c4cc(OC)c(OC)c(OC)c4)NC3c3ccccc3)c3ccccc32)cc1. The summed E-state index contributed by atoms with van der Waals surface area (Å²) in [5.41, 5.74) is 4.24. The molecule has 4 aromatic rings. The molecule has 2 aliphatic rings. The molecule has 4 aromatic carbocycles. The van der Waals surface area contributed by atoms with Crippen LogP contribution in [0.2, 0.25) is 0 Å². The van der Waals surface area contributed by atoms with E-state index in [9.17, 15) is 4.79 Å². The number of amides is 1. The zero-order valence-electron chi connectivity index (χ0n) is 23.7. The zero-order valence-corrected chi connectivity index (χ0v) is 23.7. The third-order valence-corrected chi connectivity index (χ3v) is 8.41. The lowest BCUT2D eigenvalue weighted by Gasteiger charge is -2.30. The summed E-state index contributed by atoms with van der Waals surface area (Å²) < 4.78 is 22.2. The zero-order chi connectivity index (χ0) is 28.6. The molecule has 0 bridgehead atoms. The monoisotopic (exact) mass is 550 g/mol. The normalized spacial score (nSPS) is 21.2. The van der Waals surface area contributed by atoms with Crippen LogP contribution in [0.4, 0.5) is 5.69 Å². The number of rotatable bonds is 8. The fourth-order valence-corrected chi connectivity index (χ4v) is 6.48. The fourth-order valence-electron chi connectivity index (χ4n) is 6.48. The first-order chi connectivity index (χ1) is 20.0. The van der Waals surface area contributed by atoms with Gasteiger partial charge in [0.25, 0.3) is 0 Å². The van der Waals surface area contributed by atoms with Crippen molar-refractivity contribution in [2.24, 2.45) is 0 Å². The number of hydrogen-bond donors (Lipinski definition) is 1. The van der Waals surface area contributed by atoms with Crippen LogP contribution in [0.15, 0.2) is 91.0 Å². The molecule has 6 rings (SSSR count). The molecule has 7 heteroatoms. The van der Waals surface area contributed by atoms with Gasteiger partial charge in [0.1, 0.15) is 5.75 Å². The molecule has 0 aliphatic carbocycles. The quantitative estimate of drug-likeness (QED) is 0.291. The molecular formula is C34H34N2O5. The first-order valence-electron chi connectivity index (χ1n) is 13.7. The van der Waals surface area contributed by atoms with Crippen molar-refractivity contribution in [1.29, 1.82) is 0 Å². The molecule has 3 unspecified atom stereocenters. The first-order valence-corrected chi connectivity index (χ1v) is 13.7. The lowest BCUT2D eigenvalue weighted by molar-refractivity contribution is -0.123. The van der Waals surface area contributed by atoms with Crippen molar-refractivity contribution < 1.29 is 23.7 Å². The van der Waals surface area contributed by atoms with Crippen LogP contribution in [-0.4, -0.2) is 34.3 Å².